The first-order valence-corrected chi connectivity index (χ1v) is 7.34. The topological polar surface area (TPSA) is 16.1 Å². The first kappa shape index (κ1) is 11.3. The largest absolute Gasteiger partial charge is 0.361 e. The third kappa shape index (κ3) is 2.14. The van der Waals surface area contributed by atoms with Gasteiger partial charge in [0.25, 0.3) is 0 Å². The molecule has 0 N–H and O–H groups in total. The average Bonchev–Trinajstić information content (AvgIpc) is 2.82. The fourth-order valence-corrected chi connectivity index (χ4v) is 3.63. The van der Waals surface area contributed by atoms with E-state index in [4.69, 9.17) is 11.6 Å². The number of alkyl halides is 1. The summed E-state index contributed by atoms with van der Waals surface area (Å²) < 4.78 is 4.51. The van der Waals surface area contributed by atoms with E-state index in [1.54, 1.807) is 11.5 Å². The molecule has 90 valence electrons. The summed E-state index contributed by atoms with van der Waals surface area (Å²) in [4.78, 5) is 2.45. The molecule has 0 spiro atoms. The summed E-state index contributed by atoms with van der Waals surface area (Å²) in [5.41, 5.74) is 1.11. The Morgan fingerprint density at radius 1 is 1.41 bits per heavy atom. The quantitative estimate of drug-likeness (QED) is 0.770. The first-order chi connectivity index (χ1) is 8.38. The minimum Gasteiger partial charge on any atom is -0.361 e. The summed E-state index contributed by atoms with van der Waals surface area (Å²) in [7, 11) is 0. The maximum Gasteiger partial charge on any atom is 0.119 e. The normalized spacial score (nSPS) is 21.0. The molecule has 1 aliphatic rings. The Morgan fingerprint density at radius 3 is 3.18 bits per heavy atom. The predicted molar refractivity (Wildman–Crippen MR) is 75.3 cm³/mol. The van der Waals surface area contributed by atoms with E-state index in [9.17, 15) is 0 Å². The third-order valence-corrected chi connectivity index (χ3v) is 4.76. The number of benzene rings is 1. The van der Waals surface area contributed by atoms with E-state index in [1.165, 1.54) is 23.2 Å². The molecule has 0 radical (unpaired) electrons. The Bertz CT molecular complexity index is 511. The number of aromatic nitrogens is 1. The van der Waals surface area contributed by atoms with Gasteiger partial charge in [-0.2, -0.15) is 4.37 Å². The second-order valence-electron chi connectivity index (χ2n) is 4.61. The molecular formula is C13H15ClN2S. The van der Waals surface area contributed by atoms with Gasteiger partial charge in [0.15, 0.2) is 0 Å². The summed E-state index contributed by atoms with van der Waals surface area (Å²) in [6.07, 6.45) is 2.50. The molecule has 1 aliphatic heterocycles. The van der Waals surface area contributed by atoms with Crippen molar-refractivity contribution >= 4 is 39.0 Å². The van der Waals surface area contributed by atoms with Crippen LogP contribution in [0.15, 0.2) is 24.3 Å². The van der Waals surface area contributed by atoms with Crippen LogP contribution in [0.25, 0.3) is 10.9 Å². The SMILES string of the molecule is ClCC1CCCN(c2snc3ccccc23)C1. The summed E-state index contributed by atoms with van der Waals surface area (Å²) >= 11 is 7.60. The lowest BCUT2D eigenvalue weighted by atomic mass is 10.0. The van der Waals surface area contributed by atoms with Crippen LogP contribution in [0.1, 0.15) is 12.8 Å². The fraction of sp³-hybridized carbons (Fsp3) is 0.462. The Labute approximate surface area is 110 Å². The van der Waals surface area contributed by atoms with Crippen LogP contribution >= 0.6 is 23.1 Å². The molecule has 4 heteroatoms. The fourth-order valence-electron chi connectivity index (χ4n) is 2.48. The number of nitrogens with zero attached hydrogens (tertiary/aromatic N) is 2. The Kier molecular flexibility index (Phi) is 3.21. The molecule has 2 nitrogen and oxygen atoms in total. The van der Waals surface area contributed by atoms with Gasteiger partial charge >= 0.3 is 0 Å². The van der Waals surface area contributed by atoms with E-state index in [-0.39, 0.29) is 0 Å². The third-order valence-electron chi connectivity index (χ3n) is 3.39. The van der Waals surface area contributed by atoms with Gasteiger partial charge in [-0.05, 0) is 42.4 Å². The lowest BCUT2D eigenvalue weighted by Crippen LogP contribution is -2.35. The Hall–Kier alpha value is -0.800. The maximum atomic E-state index is 5.99. The van der Waals surface area contributed by atoms with Crippen molar-refractivity contribution in [3.63, 3.8) is 0 Å². The molecule has 17 heavy (non-hydrogen) atoms. The zero-order valence-electron chi connectivity index (χ0n) is 9.60. The van der Waals surface area contributed by atoms with E-state index in [2.05, 4.69) is 27.5 Å². The second kappa shape index (κ2) is 4.83. The number of hydrogen-bond acceptors (Lipinski definition) is 3. The number of piperidine rings is 1. The number of hydrogen-bond donors (Lipinski definition) is 0. The van der Waals surface area contributed by atoms with Gasteiger partial charge in [-0.15, -0.1) is 11.6 Å². The van der Waals surface area contributed by atoms with Crippen molar-refractivity contribution < 1.29 is 0 Å². The summed E-state index contributed by atoms with van der Waals surface area (Å²) in [6.45, 7) is 2.22. The molecule has 1 aromatic heterocycles. The van der Waals surface area contributed by atoms with Gasteiger partial charge in [-0.25, -0.2) is 0 Å². The predicted octanol–water partition coefficient (Wildman–Crippen LogP) is 3.75. The van der Waals surface area contributed by atoms with Crippen molar-refractivity contribution in [3.05, 3.63) is 24.3 Å². The van der Waals surface area contributed by atoms with Gasteiger partial charge < -0.3 is 4.90 Å². The highest BCUT2D eigenvalue weighted by Crippen LogP contribution is 2.33. The highest BCUT2D eigenvalue weighted by atomic mass is 35.5. The summed E-state index contributed by atoms with van der Waals surface area (Å²) in [6, 6.07) is 8.38. The van der Waals surface area contributed by atoms with Crippen LogP contribution in [-0.4, -0.2) is 23.3 Å². The minimum absolute atomic E-state index is 0.631. The molecule has 0 amide bonds. The molecule has 2 aromatic rings. The highest BCUT2D eigenvalue weighted by molar-refractivity contribution is 7.11. The van der Waals surface area contributed by atoms with Crippen molar-refractivity contribution in [1.29, 1.82) is 0 Å². The van der Waals surface area contributed by atoms with Crippen LogP contribution < -0.4 is 4.90 Å². The molecule has 1 saturated heterocycles. The Balaban J connectivity index is 1.92. The van der Waals surface area contributed by atoms with Crippen molar-refractivity contribution in [2.24, 2.45) is 5.92 Å². The maximum absolute atomic E-state index is 5.99. The second-order valence-corrected chi connectivity index (χ2v) is 5.67. The number of rotatable bonds is 2. The van der Waals surface area contributed by atoms with Gasteiger partial charge in [-0.1, -0.05) is 12.1 Å². The molecule has 0 bridgehead atoms. The minimum atomic E-state index is 0.631. The van der Waals surface area contributed by atoms with E-state index in [0.717, 1.165) is 24.5 Å². The number of halogens is 1. The molecule has 2 heterocycles. The average molecular weight is 267 g/mol. The van der Waals surface area contributed by atoms with Crippen molar-refractivity contribution in [1.82, 2.24) is 4.37 Å². The molecule has 3 rings (SSSR count). The van der Waals surface area contributed by atoms with Crippen LogP contribution in [0.5, 0.6) is 0 Å². The lowest BCUT2D eigenvalue weighted by Gasteiger charge is -2.32. The zero-order valence-corrected chi connectivity index (χ0v) is 11.2. The molecule has 0 aliphatic carbocycles. The van der Waals surface area contributed by atoms with Crippen LogP contribution in [0.4, 0.5) is 5.00 Å². The standard InChI is InChI=1S/C13H15ClN2S/c14-8-10-4-3-7-16(9-10)13-11-5-1-2-6-12(11)15-17-13/h1-2,5-6,10H,3-4,7-9H2. The van der Waals surface area contributed by atoms with Gasteiger partial charge in [0.05, 0.1) is 5.52 Å². The van der Waals surface area contributed by atoms with Crippen LogP contribution in [0, 0.1) is 5.92 Å². The van der Waals surface area contributed by atoms with E-state index in [0.29, 0.717) is 5.92 Å². The lowest BCUT2D eigenvalue weighted by molar-refractivity contribution is 0.453. The van der Waals surface area contributed by atoms with E-state index in [1.807, 2.05) is 6.07 Å². The first-order valence-electron chi connectivity index (χ1n) is 6.04. The monoisotopic (exact) mass is 266 g/mol. The van der Waals surface area contributed by atoms with Gasteiger partial charge in [0.1, 0.15) is 5.00 Å². The van der Waals surface area contributed by atoms with Crippen molar-refractivity contribution in [2.75, 3.05) is 23.9 Å². The van der Waals surface area contributed by atoms with Crippen LogP contribution in [0.2, 0.25) is 0 Å². The van der Waals surface area contributed by atoms with Gasteiger partial charge in [-0.3, -0.25) is 0 Å². The highest BCUT2D eigenvalue weighted by Gasteiger charge is 2.22. The van der Waals surface area contributed by atoms with Crippen LogP contribution in [-0.2, 0) is 0 Å². The van der Waals surface area contributed by atoms with E-state index < -0.39 is 0 Å². The molecular weight excluding hydrogens is 252 g/mol. The van der Waals surface area contributed by atoms with Crippen molar-refractivity contribution in [2.45, 2.75) is 12.8 Å². The Morgan fingerprint density at radius 2 is 2.29 bits per heavy atom. The van der Waals surface area contributed by atoms with Crippen molar-refractivity contribution in [3.8, 4) is 0 Å². The number of anilines is 1. The van der Waals surface area contributed by atoms with Gasteiger partial charge in [0, 0.05) is 24.4 Å². The van der Waals surface area contributed by atoms with E-state index >= 15 is 0 Å². The smallest absolute Gasteiger partial charge is 0.119 e. The molecule has 1 fully saturated rings. The molecule has 1 aromatic carbocycles. The number of fused-ring (bicyclic) bond motifs is 1. The zero-order chi connectivity index (χ0) is 11.7. The molecule has 1 atom stereocenters. The summed E-state index contributed by atoms with van der Waals surface area (Å²) in [5.74, 6) is 1.40. The molecule has 0 saturated carbocycles. The summed E-state index contributed by atoms with van der Waals surface area (Å²) in [5, 5.41) is 2.60. The van der Waals surface area contributed by atoms with Gasteiger partial charge in [0.2, 0.25) is 0 Å². The van der Waals surface area contributed by atoms with Crippen LogP contribution in [0.3, 0.4) is 0 Å². The molecule has 1 unspecified atom stereocenters.